The maximum Gasteiger partial charge on any atom is 0.0937 e. The number of hydrogen-bond donors (Lipinski definition) is 0. The first-order valence-corrected chi connectivity index (χ1v) is 10.4. The number of rotatable bonds is 11. The van der Waals surface area contributed by atoms with Crippen LogP contribution in [0.2, 0.25) is 0 Å². The maximum atomic E-state index is 6.17. The molecule has 0 saturated carbocycles. The second-order valence-electron chi connectivity index (χ2n) is 4.29. The minimum Gasteiger partial charge on any atom is -0.112 e. The molecule has 0 fully saturated rings. The molecule has 0 rings (SSSR count). The van der Waals surface area contributed by atoms with Gasteiger partial charge in [-0.3, -0.25) is 0 Å². The highest BCUT2D eigenvalue weighted by molar-refractivity contribution is 8.05. The van der Waals surface area contributed by atoms with Gasteiger partial charge in [-0.2, -0.15) is 0 Å². The van der Waals surface area contributed by atoms with Gasteiger partial charge in [0.25, 0.3) is 0 Å². The van der Waals surface area contributed by atoms with Gasteiger partial charge < -0.3 is 0 Å². The molecular weight excluding hydrogens is 374 g/mol. The number of halogens is 4. The molecule has 0 N–H and O–H groups in total. The first-order chi connectivity index (χ1) is 9.54. The van der Waals surface area contributed by atoms with Crippen LogP contribution in [0.3, 0.4) is 0 Å². The van der Waals surface area contributed by atoms with Crippen LogP contribution in [0, 0.1) is 0 Å². The molecule has 0 saturated heterocycles. The van der Waals surface area contributed by atoms with Gasteiger partial charge in [-0.05, 0) is 24.3 Å². The van der Waals surface area contributed by atoms with Crippen LogP contribution in [-0.4, -0.2) is 11.5 Å². The summed E-state index contributed by atoms with van der Waals surface area (Å²) in [6.07, 6.45) is 7.04. The average molecular weight is 396 g/mol. The van der Waals surface area contributed by atoms with E-state index >= 15 is 0 Å². The fourth-order valence-electron chi connectivity index (χ4n) is 1.33. The monoisotopic (exact) mass is 394 g/mol. The van der Waals surface area contributed by atoms with Gasteiger partial charge in [0.05, 0.1) is 18.8 Å². The number of hydrogen-bond acceptors (Lipinski definition) is 2. The van der Waals surface area contributed by atoms with Gasteiger partial charge >= 0.3 is 0 Å². The normalized spacial score (nSPS) is 14.1. The zero-order valence-electron chi connectivity index (χ0n) is 12.0. The van der Waals surface area contributed by atoms with E-state index in [1.54, 1.807) is 0 Å². The molecule has 20 heavy (non-hydrogen) atoms. The molecule has 0 aromatic heterocycles. The average Bonchev–Trinajstić information content (AvgIpc) is 2.46. The zero-order chi connectivity index (χ0) is 15.4. The first-order valence-electron chi connectivity index (χ1n) is 6.91. The number of allylic oxidation sites excluding steroid dienone is 2. The van der Waals surface area contributed by atoms with Crippen molar-refractivity contribution in [3.63, 3.8) is 0 Å². The van der Waals surface area contributed by atoms with E-state index < -0.39 is 0 Å². The van der Waals surface area contributed by atoms with E-state index in [9.17, 15) is 0 Å². The van der Waals surface area contributed by atoms with Crippen LogP contribution < -0.4 is 0 Å². The van der Waals surface area contributed by atoms with E-state index in [1.807, 2.05) is 0 Å². The standard InChI is InChI=1S/C14H22Cl4S2/c1-3-5-7-9-19-13(17)11(15)12(16)14(18)20-10-8-6-4-2/h3-10H2,1-2H3/b13-11+,14-12+. The summed E-state index contributed by atoms with van der Waals surface area (Å²) in [7, 11) is 0. The molecule has 0 nitrogen and oxygen atoms in total. The third kappa shape index (κ3) is 10.1. The van der Waals surface area contributed by atoms with Crippen LogP contribution in [0.15, 0.2) is 18.8 Å². The molecule has 0 spiro atoms. The first kappa shape index (κ1) is 21.3. The summed E-state index contributed by atoms with van der Waals surface area (Å²) in [6.45, 7) is 4.34. The van der Waals surface area contributed by atoms with Crippen molar-refractivity contribution in [3.05, 3.63) is 18.8 Å². The van der Waals surface area contributed by atoms with E-state index in [0.717, 1.165) is 24.3 Å². The van der Waals surface area contributed by atoms with Crippen LogP contribution in [0.4, 0.5) is 0 Å². The van der Waals surface area contributed by atoms with Gasteiger partial charge in [-0.25, -0.2) is 0 Å². The molecule has 0 aliphatic heterocycles. The molecule has 0 aromatic carbocycles. The number of unbranched alkanes of at least 4 members (excludes halogenated alkanes) is 4. The predicted octanol–water partition coefficient (Wildman–Crippen LogP) is 8.13. The van der Waals surface area contributed by atoms with Crippen LogP contribution in [0.5, 0.6) is 0 Å². The molecule has 0 aliphatic rings. The minimum atomic E-state index is 0.364. The van der Waals surface area contributed by atoms with Crippen molar-refractivity contribution in [2.24, 2.45) is 0 Å². The second kappa shape index (κ2) is 14.0. The van der Waals surface area contributed by atoms with Crippen molar-refractivity contribution in [2.75, 3.05) is 11.5 Å². The Bertz CT molecular complexity index is 295. The topological polar surface area (TPSA) is 0 Å². The Morgan fingerprint density at radius 2 is 1.00 bits per heavy atom. The summed E-state index contributed by atoms with van der Waals surface area (Å²) < 4.78 is 1.06. The summed E-state index contributed by atoms with van der Waals surface area (Å²) >= 11 is 27.7. The summed E-state index contributed by atoms with van der Waals surface area (Å²) in [5, 5.41) is 0.727. The Hall–Kier alpha value is 1.34. The van der Waals surface area contributed by atoms with Gasteiger partial charge in [0.2, 0.25) is 0 Å². The minimum absolute atomic E-state index is 0.364. The summed E-state index contributed by atoms with van der Waals surface area (Å²) in [6, 6.07) is 0. The smallest absolute Gasteiger partial charge is 0.0937 e. The van der Waals surface area contributed by atoms with Crippen LogP contribution in [0.25, 0.3) is 0 Å². The lowest BCUT2D eigenvalue weighted by Crippen LogP contribution is -1.84. The molecule has 0 radical (unpaired) electrons. The molecule has 6 heteroatoms. The molecule has 0 unspecified atom stereocenters. The highest BCUT2D eigenvalue weighted by atomic mass is 35.5. The van der Waals surface area contributed by atoms with Gasteiger partial charge in [0, 0.05) is 0 Å². The highest BCUT2D eigenvalue weighted by Gasteiger charge is 2.11. The third-order valence-electron chi connectivity index (χ3n) is 2.49. The molecule has 0 aromatic rings. The van der Waals surface area contributed by atoms with Gasteiger partial charge in [-0.15, -0.1) is 23.5 Å². The maximum absolute atomic E-state index is 6.17. The largest absolute Gasteiger partial charge is 0.112 e. The highest BCUT2D eigenvalue weighted by Crippen LogP contribution is 2.38. The van der Waals surface area contributed by atoms with E-state index in [4.69, 9.17) is 46.4 Å². The Morgan fingerprint density at radius 3 is 1.30 bits per heavy atom. The SMILES string of the molecule is CCCCCS/C(Cl)=C(Cl)\C(Cl)=C(\Cl)SCCCCC. The van der Waals surface area contributed by atoms with Crippen molar-refractivity contribution in [2.45, 2.75) is 52.4 Å². The van der Waals surface area contributed by atoms with Gasteiger partial charge in [0.15, 0.2) is 0 Å². The zero-order valence-corrected chi connectivity index (χ0v) is 16.6. The molecule has 0 bridgehead atoms. The van der Waals surface area contributed by atoms with Crippen molar-refractivity contribution >= 4 is 69.9 Å². The summed E-state index contributed by atoms with van der Waals surface area (Å²) in [5.41, 5.74) is 0. The van der Waals surface area contributed by atoms with Crippen LogP contribution in [-0.2, 0) is 0 Å². The molecular formula is C14H22Cl4S2. The predicted molar refractivity (Wildman–Crippen MR) is 101 cm³/mol. The Morgan fingerprint density at radius 1 is 0.650 bits per heavy atom. The fraction of sp³-hybridized carbons (Fsp3) is 0.714. The number of thioether (sulfide) groups is 2. The van der Waals surface area contributed by atoms with E-state index in [0.29, 0.717) is 18.8 Å². The van der Waals surface area contributed by atoms with Crippen LogP contribution >= 0.6 is 69.9 Å². The Kier molecular flexibility index (Phi) is 14.9. The molecule has 0 atom stereocenters. The summed E-state index contributed by atoms with van der Waals surface area (Å²) in [5.74, 6) is 1.91. The van der Waals surface area contributed by atoms with E-state index in [2.05, 4.69) is 13.8 Å². The van der Waals surface area contributed by atoms with Crippen LogP contribution in [0.1, 0.15) is 52.4 Å². The summed E-state index contributed by atoms with van der Waals surface area (Å²) in [4.78, 5) is 0. The van der Waals surface area contributed by atoms with Crippen molar-refractivity contribution in [1.29, 1.82) is 0 Å². The third-order valence-corrected chi connectivity index (χ3v) is 6.69. The second-order valence-corrected chi connectivity index (χ2v) is 8.46. The van der Waals surface area contributed by atoms with Gasteiger partial charge in [0.1, 0.15) is 0 Å². The van der Waals surface area contributed by atoms with E-state index in [1.165, 1.54) is 49.2 Å². The fourth-order valence-corrected chi connectivity index (χ4v) is 4.22. The van der Waals surface area contributed by atoms with Crippen molar-refractivity contribution < 1.29 is 0 Å². The molecule has 0 aliphatic carbocycles. The molecule has 118 valence electrons. The van der Waals surface area contributed by atoms with Crippen molar-refractivity contribution in [1.82, 2.24) is 0 Å². The molecule has 0 heterocycles. The van der Waals surface area contributed by atoms with E-state index in [-0.39, 0.29) is 0 Å². The lowest BCUT2D eigenvalue weighted by atomic mass is 10.3. The molecule has 0 amide bonds. The Labute approximate surface area is 152 Å². The lowest BCUT2D eigenvalue weighted by molar-refractivity contribution is 0.779. The van der Waals surface area contributed by atoms with Crippen molar-refractivity contribution in [3.8, 4) is 0 Å². The lowest BCUT2D eigenvalue weighted by Gasteiger charge is -2.06. The Balaban J connectivity index is 4.34. The van der Waals surface area contributed by atoms with Gasteiger partial charge in [-0.1, -0.05) is 85.9 Å². The quantitative estimate of drug-likeness (QED) is 0.255.